The summed E-state index contributed by atoms with van der Waals surface area (Å²) < 4.78 is 0. The van der Waals surface area contributed by atoms with Crippen LogP contribution in [0.1, 0.15) is 0 Å². The zero-order valence-corrected chi connectivity index (χ0v) is 6.45. The van der Waals surface area contributed by atoms with Crippen molar-refractivity contribution in [1.29, 1.82) is 0 Å². The SMILES string of the molecule is NOc1[c]c2ccccc2cc1. The Morgan fingerprint density at radius 2 is 1.92 bits per heavy atom. The lowest BCUT2D eigenvalue weighted by atomic mass is 10.1. The van der Waals surface area contributed by atoms with Gasteiger partial charge in [0.2, 0.25) is 0 Å². The minimum Gasteiger partial charge on any atom is -0.411 e. The summed E-state index contributed by atoms with van der Waals surface area (Å²) in [6.07, 6.45) is 0. The maximum atomic E-state index is 5.01. The molecule has 0 aromatic heterocycles. The Kier molecular flexibility index (Phi) is 1.68. The highest BCUT2D eigenvalue weighted by atomic mass is 16.6. The molecule has 2 nitrogen and oxygen atoms in total. The Bertz CT molecular complexity index is 398. The molecule has 12 heavy (non-hydrogen) atoms. The fourth-order valence-electron chi connectivity index (χ4n) is 1.16. The summed E-state index contributed by atoms with van der Waals surface area (Å²) in [5.74, 6) is 5.57. The molecule has 2 aromatic rings. The topological polar surface area (TPSA) is 35.2 Å². The summed E-state index contributed by atoms with van der Waals surface area (Å²) in [6, 6.07) is 14.7. The first-order valence-electron chi connectivity index (χ1n) is 3.68. The molecule has 0 fully saturated rings. The molecule has 0 heterocycles. The predicted molar refractivity (Wildman–Crippen MR) is 47.6 cm³/mol. The molecule has 2 aromatic carbocycles. The molecule has 0 aliphatic heterocycles. The van der Waals surface area contributed by atoms with Crippen LogP contribution in [0.5, 0.6) is 5.75 Å². The zero-order chi connectivity index (χ0) is 8.39. The van der Waals surface area contributed by atoms with E-state index in [-0.39, 0.29) is 0 Å². The van der Waals surface area contributed by atoms with Crippen LogP contribution in [0.4, 0.5) is 0 Å². The summed E-state index contributed by atoms with van der Waals surface area (Å²) in [5.41, 5.74) is 0. The molecule has 0 aliphatic carbocycles. The van der Waals surface area contributed by atoms with E-state index in [9.17, 15) is 0 Å². The van der Waals surface area contributed by atoms with Gasteiger partial charge in [0.1, 0.15) is 0 Å². The van der Waals surface area contributed by atoms with Gasteiger partial charge in [0.15, 0.2) is 5.75 Å². The van der Waals surface area contributed by atoms with Gasteiger partial charge in [-0.25, -0.2) is 0 Å². The van der Waals surface area contributed by atoms with Crippen LogP contribution >= 0.6 is 0 Å². The first-order chi connectivity index (χ1) is 5.90. The highest BCUT2D eigenvalue weighted by Crippen LogP contribution is 2.18. The normalized spacial score (nSPS) is 10.1. The molecule has 0 bridgehead atoms. The standard InChI is InChI=1S/C10H8NO/c11-12-10-6-5-8-3-1-2-4-9(8)7-10/h1-6H,11H2. The number of nitrogens with two attached hydrogens (primary N) is 1. The molecule has 0 saturated heterocycles. The Hall–Kier alpha value is -1.54. The molecule has 0 saturated carbocycles. The molecular weight excluding hydrogens is 150 g/mol. The van der Waals surface area contributed by atoms with Gasteiger partial charge in [-0.05, 0) is 16.8 Å². The number of rotatable bonds is 1. The second kappa shape index (κ2) is 2.83. The van der Waals surface area contributed by atoms with E-state index >= 15 is 0 Å². The monoisotopic (exact) mass is 158 g/mol. The minimum atomic E-state index is 0.564. The van der Waals surface area contributed by atoms with E-state index in [1.54, 1.807) is 6.07 Å². The van der Waals surface area contributed by atoms with Crippen molar-refractivity contribution in [1.82, 2.24) is 0 Å². The Morgan fingerprint density at radius 1 is 1.08 bits per heavy atom. The lowest BCUT2D eigenvalue weighted by molar-refractivity contribution is 0.334. The average Bonchev–Trinajstić information content (AvgIpc) is 2.17. The fraction of sp³-hybridized carbons (Fsp3) is 0. The van der Waals surface area contributed by atoms with Crippen molar-refractivity contribution in [2.75, 3.05) is 0 Å². The number of fused-ring (bicyclic) bond motifs is 1. The molecule has 0 unspecified atom stereocenters. The third-order valence-corrected chi connectivity index (χ3v) is 1.76. The molecular formula is C10H8NO. The maximum absolute atomic E-state index is 5.01. The smallest absolute Gasteiger partial charge is 0.155 e. The van der Waals surface area contributed by atoms with Gasteiger partial charge in [-0.1, -0.05) is 30.3 Å². The van der Waals surface area contributed by atoms with Gasteiger partial charge in [-0.2, -0.15) is 5.90 Å². The molecule has 59 valence electrons. The summed E-state index contributed by atoms with van der Waals surface area (Å²) in [4.78, 5) is 4.57. The van der Waals surface area contributed by atoms with Crippen molar-refractivity contribution in [2.24, 2.45) is 5.90 Å². The molecule has 2 heteroatoms. The summed E-state index contributed by atoms with van der Waals surface area (Å²) in [7, 11) is 0. The summed E-state index contributed by atoms with van der Waals surface area (Å²) >= 11 is 0. The Morgan fingerprint density at radius 3 is 2.75 bits per heavy atom. The van der Waals surface area contributed by atoms with Gasteiger partial charge in [0.25, 0.3) is 0 Å². The van der Waals surface area contributed by atoms with Crippen molar-refractivity contribution in [3.8, 4) is 5.75 Å². The molecule has 0 spiro atoms. The van der Waals surface area contributed by atoms with Crippen molar-refractivity contribution in [3.63, 3.8) is 0 Å². The maximum Gasteiger partial charge on any atom is 0.155 e. The number of benzene rings is 2. The van der Waals surface area contributed by atoms with E-state index < -0.39 is 0 Å². The minimum absolute atomic E-state index is 0.564. The van der Waals surface area contributed by atoms with Crippen LogP contribution in [0.25, 0.3) is 10.8 Å². The van der Waals surface area contributed by atoms with Crippen LogP contribution in [-0.4, -0.2) is 0 Å². The molecule has 0 amide bonds. The van der Waals surface area contributed by atoms with Crippen molar-refractivity contribution in [3.05, 3.63) is 42.5 Å². The van der Waals surface area contributed by atoms with Gasteiger partial charge in [-0.3, -0.25) is 0 Å². The van der Waals surface area contributed by atoms with Crippen LogP contribution in [0.3, 0.4) is 0 Å². The lowest BCUT2D eigenvalue weighted by Crippen LogP contribution is -2.01. The second-order valence-corrected chi connectivity index (χ2v) is 2.53. The van der Waals surface area contributed by atoms with Gasteiger partial charge in [0, 0.05) is 6.07 Å². The van der Waals surface area contributed by atoms with Crippen LogP contribution in [0.2, 0.25) is 0 Å². The number of hydrogen-bond acceptors (Lipinski definition) is 2. The van der Waals surface area contributed by atoms with Crippen molar-refractivity contribution in [2.45, 2.75) is 0 Å². The van der Waals surface area contributed by atoms with Crippen molar-refractivity contribution >= 4 is 10.8 Å². The van der Waals surface area contributed by atoms with Gasteiger partial charge in [-0.15, -0.1) is 0 Å². The fourth-order valence-corrected chi connectivity index (χ4v) is 1.16. The Balaban J connectivity index is 2.67. The molecule has 0 atom stereocenters. The molecule has 2 N–H and O–H groups in total. The third-order valence-electron chi connectivity index (χ3n) is 1.76. The summed E-state index contributed by atoms with van der Waals surface area (Å²) in [5, 5.41) is 2.15. The van der Waals surface area contributed by atoms with Crippen molar-refractivity contribution < 1.29 is 4.84 Å². The largest absolute Gasteiger partial charge is 0.411 e. The highest BCUT2D eigenvalue weighted by molar-refractivity contribution is 5.82. The van der Waals surface area contributed by atoms with Gasteiger partial charge >= 0.3 is 0 Å². The van der Waals surface area contributed by atoms with Crippen LogP contribution in [0, 0.1) is 6.07 Å². The lowest BCUT2D eigenvalue weighted by Gasteiger charge is -1.99. The molecule has 2 rings (SSSR count). The van der Waals surface area contributed by atoms with Crippen LogP contribution in [0.15, 0.2) is 36.4 Å². The summed E-state index contributed by atoms with van der Waals surface area (Å²) in [6.45, 7) is 0. The highest BCUT2D eigenvalue weighted by Gasteiger charge is 1.94. The van der Waals surface area contributed by atoms with E-state index in [2.05, 4.69) is 10.9 Å². The predicted octanol–water partition coefficient (Wildman–Crippen LogP) is 1.89. The average molecular weight is 158 g/mol. The van der Waals surface area contributed by atoms with E-state index in [1.165, 1.54) is 0 Å². The zero-order valence-electron chi connectivity index (χ0n) is 6.45. The van der Waals surface area contributed by atoms with Crippen LogP contribution in [-0.2, 0) is 0 Å². The van der Waals surface area contributed by atoms with E-state index in [0.717, 1.165) is 10.8 Å². The van der Waals surface area contributed by atoms with Gasteiger partial charge < -0.3 is 4.84 Å². The first-order valence-corrected chi connectivity index (χ1v) is 3.68. The van der Waals surface area contributed by atoms with E-state index in [1.807, 2.05) is 30.3 Å². The van der Waals surface area contributed by atoms with E-state index in [4.69, 9.17) is 5.90 Å². The quantitative estimate of drug-likeness (QED) is 0.643. The van der Waals surface area contributed by atoms with Gasteiger partial charge in [0.05, 0.1) is 0 Å². The Labute approximate surface area is 70.5 Å². The number of hydrogen-bond donors (Lipinski definition) is 1. The second-order valence-electron chi connectivity index (χ2n) is 2.53. The first kappa shape index (κ1) is 7.13. The third kappa shape index (κ3) is 1.12. The van der Waals surface area contributed by atoms with E-state index in [0.29, 0.717) is 5.75 Å². The molecule has 1 radical (unpaired) electrons. The van der Waals surface area contributed by atoms with Crippen LogP contribution < -0.4 is 10.7 Å². The molecule has 0 aliphatic rings.